The molecule has 7 heteroatoms. The Morgan fingerprint density at radius 3 is 2.84 bits per heavy atom. The number of phenols is 1. The van der Waals surface area contributed by atoms with Crippen LogP contribution in [0.2, 0.25) is 0 Å². The van der Waals surface area contributed by atoms with Gasteiger partial charge < -0.3 is 10.4 Å². The van der Waals surface area contributed by atoms with Gasteiger partial charge in [0, 0.05) is 5.56 Å². The summed E-state index contributed by atoms with van der Waals surface area (Å²) in [5.41, 5.74) is 0.165. The Labute approximate surface area is 108 Å². The van der Waals surface area contributed by atoms with Crippen molar-refractivity contribution < 1.29 is 14.3 Å². The molecule has 19 heavy (non-hydrogen) atoms. The number of aromatic amines is 1. The number of halogens is 1. The van der Waals surface area contributed by atoms with Crippen molar-refractivity contribution in [1.82, 2.24) is 20.5 Å². The molecule has 0 aliphatic carbocycles. The van der Waals surface area contributed by atoms with E-state index in [1.807, 2.05) is 0 Å². The third-order valence-electron chi connectivity index (χ3n) is 2.56. The number of aromatic nitrogens is 3. The van der Waals surface area contributed by atoms with E-state index in [-0.39, 0.29) is 5.56 Å². The number of amides is 1. The highest BCUT2D eigenvalue weighted by molar-refractivity contribution is 5.94. The molecule has 0 unspecified atom stereocenters. The minimum Gasteiger partial charge on any atom is -0.505 e. The predicted molar refractivity (Wildman–Crippen MR) is 65.1 cm³/mol. The van der Waals surface area contributed by atoms with Gasteiger partial charge in [-0.15, -0.1) is 0 Å². The number of phenolic OH excluding ortho intramolecular Hbond substituents is 1. The summed E-state index contributed by atoms with van der Waals surface area (Å²) >= 11 is 0. The summed E-state index contributed by atoms with van der Waals surface area (Å²) in [5, 5.41) is 18.5. The average molecular weight is 264 g/mol. The molecule has 1 aromatic heterocycles. The second-order valence-electron chi connectivity index (χ2n) is 4.14. The number of hydrogen-bond acceptors (Lipinski definition) is 4. The van der Waals surface area contributed by atoms with Crippen molar-refractivity contribution in [3.8, 4) is 5.75 Å². The first kappa shape index (κ1) is 13.0. The van der Waals surface area contributed by atoms with Gasteiger partial charge in [0.2, 0.25) is 0 Å². The lowest BCUT2D eigenvalue weighted by molar-refractivity contribution is 0.0938. The first-order valence-electron chi connectivity index (χ1n) is 5.65. The van der Waals surface area contributed by atoms with Gasteiger partial charge >= 0.3 is 0 Å². The molecule has 1 heterocycles. The van der Waals surface area contributed by atoms with Gasteiger partial charge in [-0.2, -0.15) is 5.10 Å². The quantitative estimate of drug-likeness (QED) is 0.782. The number of rotatable bonds is 3. The van der Waals surface area contributed by atoms with E-state index in [9.17, 15) is 14.3 Å². The molecule has 0 bridgehead atoms. The van der Waals surface area contributed by atoms with Gasteiger partial charge in [0.1, 0.15) is 5.82 Å². The van der Waals surface area contributed by atoms with Crippen LogP contribution in [0.5, 0.6) is 5.75 Å². The number of nitrogens with zero attached hydrogens (tertiary/aromatic N) is 2. The van der Waals surface area contributed by atoms with E-state index in [0.717, 1.165) is 12.1 Å². The summed E-state index contributed by atoms with van der Waals surface area (Å²) < 4.78 is 12.9. The van der Waals surface area contributed by atoms with Gasteiger partial charge in [-0.05, 0) is 32.0 Å². The van der Waals surface area contributed by atoms with Crippen LogP contribution in [0.3, 0.4) is 0 Å². The molecule has 1 atom stereocenters. The second-order valence-corrected chi connectivity index (χ2v) is 4.14. The third kappa shape index (κ3) is 2.87. The van der Waals surface area contributed by atoms with Crippen LogP contribution >= 0.6 is 0 Å². The summed E-state index contributed by atoms with van der Waals surface area (Å²) in [5.74, 6) is -0.666. The number of aryl methyl sites for hydroxylation is 1. The zero-order valence-electron chi connectivity index (χ0n) is 10.4. The van der Waals surface area contributed by atoms with E-state index >= 15 is 0 Å². The van der Waals surface area contributed by atoms with Crippen molar-refractivity contribution in [2.24, 2.45) is 0 Å². The molecule has 0 spiro atoms. The molecular formula is C12H13FN4O2. The molecule has 0 saturated carbocycles. The maximum absolute atomic E-state index is 12.9. The second kappa shape index (κ2) is 5.05. The highest BCUT2D eigenvalue weighted by atomic mass is 19.1. The molecule has 2 rings (SSSR count). The normalized spacial score (nSPS) is 12.2. The van der Waals surface area contributed by atoms with E-state index in [1.54, 1.807) is 13.8 Å². The molecule has 1 aromatic carbocycles. The molecule has 2 aromatic rings. The number of aromatic hydroxyl groups is 1. The van der Waals surface area contributed by atoms with Gasteiger partial charge in [0.25, 0.3) is 5.91 Å². The largest absolute Gasteiger partial charge is 0.505 e. The van der Waals surface area contributed by atoms with Gasteiger partial charge in [-0.3, -0.25) is 9.89 Å². The summed E-state index contributed by atoms with van der Waals surface area (Å²) in [6, 6.07) is 3.00. The lowest BCUT2D eigenvalue weighted by Crippen LogP contribution is -2.27. The fourth-order valence-electron chi connectivity index (χ4n) is 1.55. The molecule has 0 saturated heterocycles. The molecular weight excluding hydrogens is 251 g/mol. The summed E-state index contributed by atoms with van der Waals surface area (Å²) in [4.78, 5) is 16.0. The minimum atomic E-state index is -0.769. The Hall–Kier alpha value is -2.44. The summed E-state index contributed by atoms with van der Waals surface area (Å²) in [6.45, 7) is 3.48. The molecule has 0 aliphatic rings. The van der Waals surface area contributed by atoms with Crippen LogP contribution in [0.15, 0.2) is 18.2 Å². The Morgan fingerprint density at radius 2 is 2.26 bits per heavy atom. The van der Waals surface area contributed by atoms with Gasteiger partial charge in [0.15, 0.2) is 17.4 Å². The predicted octanol–water partition coefficient (Wildman–Crippen LogP) is 1.45. The highest BCUT2D eigenvalue weighted by Gasteiger charge is 2.15. The smallest absolute Gasteiger partial charge is 0.252 e. The molecule has 0 aliphatic heterocycles. The Kier molecular flexibility index (Phi) is 3.46. The van der Waals surface area contributed by atoms with Crippen LogP contribution in [0, 0.1) is 12.7 Å². The Morgan fingerprint density at radius 1 is 1.53 bits per heavy atom. The number of nitrogens with one attached hydrogen (secondary N) is 2. The maximum atomic E-state index is 12.9. The van der Waals surface area contributed by atoms with E-state index < -0.39 is 23.5 Å². The monoisotopic (exact) mass is 264 g/mol. The number of carbonyl (C=O) groups excluding carboxylic acids is 1. The van der Waals surface area contributed by atoms with E-state index in [0.29, 0.717) is 11.6 Å². The maximum Gasteiger partial charge on any atom is 0.252 e. The summed E-state index contributed by atoms with van der Waals surface area (Å²) in [6.07, 6.45) is 0. The molecule has 1 amide bonds. The SMILES string of the molecule is Cc1nc([C@@H](C)NC(=O)c2ccc(F)c(O)c2)n[nH]1. The van der Waals surface area contributed by atoms with Crippen LogP contribution in [-0.2, 0) is 0 Å². The van der Waals surface area contributed by atoms with Crippen molar-refractivity contribution in [2.75, 3.05) is 0 Å². The van der Waals surface area contributed by atoms with E-state index in [4.69, 9.17) is 0 Å². The lowest BCUT2D eigenvalue weighted by atomic mass is 10.2. The number of carbonyl (C=O) groups is 1. The van der Waals surface area contributed by atoms with E-state index in [2.05, 4.69) is 20.5 Å². The first-order valence-corrected chi connectivity index (χ1v) is 5.65. The minimum absolute atomic E-state index is 0.165. The zero-order chi connectivity index (χ0) is 14.0. The topological polar surface area (TPSA) is 90.9 Å². The number of hydrogen-bond donors (Lipinski definition) is 3. The fraction of sp³-hybridized carbons (Fsp3) is 0.250. The Balaban J connectivity index is 2.10. The number of benzene rings is 1. The highest BCUT2D eigenvalue weighted by Crippen LogP contribution is 2.17. The van der Waals surface area contributed by atoms with Crippen LogP contribution in [0.1, 0.15) is 35.0 Å². The van der Waals surface area contributed by atoms with Gasteiger partial charge in [-0.25, -0.2) is 9.37 Å². The molecule has 100 valence electrons. The van der Waals surface area contributed by atoms with Crippen molar-refractivity contribution >= 4 is 5.91 Å². The molecule has 6 nitrogen and oxygen atoms in total. The summed E-state index contributed by atoms with van der Waals surface area (Å²) in [7, 11) is 0. The third-order valence-corrected chi connectivity index (χ3v) is 2.56. The van der Waals surface area contributed by atoms with Gasteiger partial charge in [0.05, 0.1) is 6.04 Å². The Bertz CT molecular complexity index is 612. The van der Waals surface area contributed by atoms with E-state index in [1.165, 1.54) is 6.07 Å². The van der Waals surface area contributed by atoms with Crippen molar-refractivity contribution in [1.29, 1.82) is 0 Å². The molecule has 3 N–H and O–H groups in total. The van der Waals surface area contributed by atoms with Crippen LogP contribution in [0.25, 0.3) is 0 Å². The first-order chi connectivity index (χ1) is 8.97. The molecule has 0 radical (unpaired) electrons. The van der Waals surface area contributed by atoms with Crippen LogP contribution < -0.4 is 5.32 Å². The number of H-pyrrole nitrogens is 1. The standard InChI is InChI=1S/C12H13FN4O2/c1-6(11-15-7(2)16-17-11)14-12(19)8-3-4-9(13)10(18)5-8/h3-6,18H,1-2H3,(H,14,19)(H,15,16,17)/t6-/m1/s1. The van der Waals surface area contributed by atoms with Crippen molar-refractivity contribution in [3.05, 3.63) is 41.2 Å². The lowest BCUT2D eigenvalue weighted by Gasteiger charge is -2.10. The zero-order valence-corrected chi connectivity index (χ0v) is 10.4. The van der Waals surface area contributed by atoms with Gasteiger partial charge in [-0.1, -0.05) is 0 Å². The van der Waals surface area contributed by atoms with Crippen LogP contribution in [-0.4, -0.2) is 26.2 Å². The van der Waals surface area contributed by atoms with Crippen molar-refractivity contribution in [2.45, 2.75) is 19.9 Å². The fourth-order valence-corrected chi connectivity index (χ4v) is 1.55. The van der Waals surface area contributed by atoms with Crippen LogP contribution in [0.4, 0.5) is 4.39 Å². The van der Waals surface area contributed by atoms with Crippen molar-refractivity contribution in [3.63, 3.8) is 0 Å². The average Bonchev–Trinajstić information content (AvgIpc) is 2.79. The molecule has 0 fully saturated rings.